The first-order chi connectivity index (χ1) is 7.72. The molecule has 1 saturated heterocycles. The minimum atomic E-state index is -0.362. The molecule has 1 fully saturated rings. The van der Waals surface area contributed by atoms with E-state index >= 15 is 0 Å². The molecule has 1 amide bonds. The lowest BCUT2D eigenvalue weighted by Crippen LogP contribution is -2.23. The molecule has 1 aliphatic heterocycles. The second-order valence-electron chi connectivity index (χ2n) is 3.69. The Balaban J connectivity index is 2.19. The fraction of sp³-hybridized carbons (Fsp3) is 0.333. The summed E-state index contributed by atoms with van der Waals surface area (Å²) < 4.78 is 4.60. The number of amides is 1. The van der Waals surface area contributed by atoms with Gasteiger partial charge in [-0.15, -0.1) is 0 Å². The van der Waals surface area contributed by atoms with Gasteiger partial charge in [-0.1, -0.05) is 0 Å². The van der Waals surface area contributed by atoms with Crippen molar-refractivity contribution in [2.75, 3.05) is 18.6 Å². The molecule has 0 saturated carbocycles. The van der Waals surface area contributed by atoms with E-state index in [9.17, 15) is 9.59 Å². The fourth-order valence-corrected chi connectivity index (χ4v) is 1.82. The van der Waals surface area contributed by atoms with Crippen LogP contribution in [0.2, 0.25) is 0 Å². The first-order valence-corrected chi connectivity index (χ1v) is 5.21. The van der Waals surface area contributed by atoms with Gasteiger partial charge >= 0.3 is 5.97 Å². The minimum absolute atomic E-state index is 0.144. The normalized spacial score (nSPS) is 15.3. The van der Waals surface area contributed by atoms with Crippen molar-refractivity contribution in [3.05, 3.63) is 29.8 Å². The number of hydrogen-bond acceptors (Lipinski definition) is 3. The summed E-state index contributed by atoms with van der Waals surface area (Å²) >= 11 is 0. The van der Waals surface area contributed by atoms with Crippen LogP contribution in [0.5, 0.6) is 0 Å². The predicted molar refractivity (Wildman–Crippen MR) is 59.4 cm³/mol. The van der Waals surface area contributed by atoms with Crippen LogP contribution in [-0.4, -0.2) is 25.5 Å². The molecule has 1 aliphatic rings. The maximum absolute atomic E-state index is 11.5. The van der Waals surface area contributed by atoms with Gasteiger partial charge in [0, 0.05) is 18.7 Å². The van der Waals surface area contributed by atoms with E-state index in [-0.39, 0.29) is 11.9 Å². The number of ether oxygens (including phenoxy) is 1. The second kappa shape index (κ2) is 4.35. The van der Waals surface area contributed by atoms with Gasteiger partial charge in [-0.25, -0.2) is 4.79 Å². The van der Waals surface area contributed by atoms with Crippen molar-refractivity contribution >= 4 is 17.6 Å². The molecular weight excluding hydrogens is 206 g/mol. The Labute approximate surface area is 93.8 Å². The van der Waals surface area contributed by atoms with Crippen LogP contribution >= 0.6 is 0 Å². The van der Waals surface area contributed by atoms with Crippen molar-refractivity contribution in [3.63, 3.8) is 0 Å². The Morgan fingerprint density at radius 3 is 2.50 bits per heavy atom. The van der Waals surface area contributed by atoms with Crippen molar-refractivity contribution in [2.24, 2.45) is 0 Å². The van der Waals surface area contributed by atoms with Gasteiger partial charge in [-0.3, -0.25) is 4.79 Å². The van der Waals surface area contributed by atoms with Crippen molar-refractivity contribution in [3.8, 4) is 0 Å². The number of carbonyl (C=O) groups excluding carboxylic acids is 2. The van der Waals surface area contributed by atoms with Gasteiger partial charge in [-0.2, -0.15) is 0 Å². The SMILES string of the molecule is COC(=O)c1ccc(N2CCCC2=O)cc1. The maximum atomic E-state index is 11.5. The lowest BCUT2D eigenvalue weighted by atomic mass is 10.2. The smallest absolute Gasteiger partial charge is 0.337 e. The molecule has 4 heteroatoms. The molecule has 1 heterocycles. The van der Waals surface area contributed by atoms with Gasteiger partial charge in [0.1, 0.15) is 0 Å². The topological polar surface area (TPSA) is 46.6 Å². The van der Waals surface area contributed by atoms with Crippen LogP contribution in [0.3, 0.4) is 0 Å². The summed E-state index contributed by atoms with van der Waals surface area (Å²) in [4.78, 5) is 24.4. The monoisotopic (exact) mass is 219 g/mol. The molecule has 0 atom stereocenters. The van der Waals surface area contributed by atoms with Crippen LogP contribution in [0.15, 0.2) is 24.3 Å². The van der Waals surface area contributed by atoms with Crippen LogP contribution < -0.4 is 4.90 Å². The number of benzene rings is 1. The molecule has 0 spiro atoms. The van der Waals surface area contributed by atoms with Crippen LogP contribution in [0.25, 0.3) is 0 Å². The molecule has 0 bridgehead atoms. The number of rotatable bonds is 2. The van der Waals surface area contributed by atoms with E-state index in [1.165, 1.54) is 7.11 Å². The number of carbonyl (C=O) groups is 2. The zero-order valence-corrected chi connectivity index (χ0v) is 9.10. The Morgan fingerprint density at radius 2 is 2.00 bits per heavy atom. The predicted octanol–water partition coefficient (Wildman–Crippen LogP) is 1.60. The molecule has 1 aromatic rings. The largest absolute Gasteiger partial charge is 0.465 e. The molecule has 0 aliphatic carbocycles. The van der Waals surface area contributed by atoms with Crippen molar-refractivity contribution < 1.29 is 14.3 Å². The van der Waals surface area contributed by atoms with Gasteiger partial charge < -0.3 is 9.64 Å². The summed E-state index contributed by atoms with van der Waals surface area (Å²) in [5.41, 5.74) is 1.34. The third-order valence-electron chi connectivity index (χ3n) is 2.67. The summed E-state index contributed by atoms with van der Waals surface area (Å²) in [5, 5.41) is 0. The standard InChI is InChI=1S/C12H13NO3/c1-16-12(15)9-4-6-10(7-5-9)13-8-2-3-11(13)14/h4-7H,2-3,8H2,1H3. The Kier molecular flexibility index (Phi) is 2.90. The van der Waals surface area contributed by atoms with Gasteiger partial charge in [-0.05, 0) is 30.7 Å². The fourth-order valence-electron chi connectivity index (χ4n) is 1.82. The molecule has 0 unspecified atom stereocenters. The van der Waals surface area contributed by atoms with Crippen LogP contribution in [0.4, 0.5) is 5.69 Å². The van der Waals surface area contributed by atoms with E-state index in [1.54, 1.807) is 29.2 Å². The Morgan fingerprint density at radius 1 is 1.31 bits per heavy atom. The van der Waals surface area contributed by atoms with E-state index in [2.05, 4.69) is 4.74 Å². The summed E-state index contributed by atoms with van der Waals surface area (Å²) in [6, 6.07) is 6.89. The average molecular weight is 219 g/mol. The Bertz CT molecular complexity index is 411. The van der Waals surface area contributed by atoms with Gasteiger partial charge in [0.15, 0.2) is 0 Å². The summed E-state index contributed by atoms with van der Waals surface area (Å²) in [7, 11) is 1.35. The first-order valence-electron chi connectivity index (χ1n) is 5.21. The highest BCUT2D eigenvalue weighted by atomic mass is 16.5. The Hall–Kier alpha value is -1.84. The van der Waals surface area contributed by atoms with Crippen LogP contribution in [0, 0.1) is 0 Å². The first kappa shape index (κ1) is 10.7. The van der Waals surface area contributed by atoms with Gasteiger partial charge in [0.2, 0.25) is 5.91 Å². The highest BCUT2D eigenvalue weighted by Crippen LogP contribution is 2.21. The van der Waals surface area contributed by atoms with Crippen LogP contribution in [-0.2, 0) is 9.53 Å². The quantitative estimate of drug-likeness (QED) is 0.710. The second-order valence-corrected chi connectivity index (χ2v) is 3.69. The maximum Gasteiger partial charge on any atom is 0.337 e. The number of methoxy groups -OCH3 is 1. The lowest BCUT2D eigenvalue weighted by Gasteiger charge is -2.15. The van der Waals surface area contributed by atoms with Crippen molar-refractivity contribution in [1.82, 2.24) is 0 Å². The number of hydrogen-bond donors (Lipinski definition) is 0. The average Bonchev–Trinajstić information content (AvgIpc) is 2.75. The zero-order valence-electron chi connectivity index (χ0n) is 9.10. The highest BCUT2D eigenvalue weighted by molar-refractivity contribution is 5.96. The zero-order chi connectivity index (χ0) is 11.5. The van der Waals surface area contributed by atoms with Crippen molar-refractivity contribution in [2.45, 2.75) is 12.8 Å². The molecule has 84 valence electrons. The molecule has 4 nitrogen and oxygen atoms in total. The van der Waals surface area contributed by atoms with E-state index in [0.717, 1.165) is 18.7 Å². The van der Waals surface area contributed by atoms with E-state index in [1.807, 2.05) is 0 Å². The molecule has 0 N–H and O–H groups in total. The molecule has 1 aromatic carbocycles. The number of anilines is 1. The summed E-state index contributed by atoms with van der Waals surface area (Å²) in [6.07, 6.45) is 1.51. The van der Waals surface area contributed by atoms with Crippen LogP contribution in [0.1, 0.15) is 23.2 Å². The van der Waals surface area contributed by atoms with Gasteiger partial charge in [0.25, 0.3) is 0 Å². The third-order valence-corrected chi connectivity index (χ3v) is 2.67. The highest BCUT2D eigenvalue weighted by Gasteiger charge is 2.21. The number of esters is 1. The molecule has 0 radical (unpaired) electrons. The minimum Gasteiger partial charge on any atom is -0.465 e. The molecule has 16 heavy (non-hydrogen) atoms. The van der Waals surface area contributed by atoms with E-state index in [4.69, 9.17) is 0 Å². The molecule has 0 aromatic heterocycles. The molecular formula is C12H13NO3. The lowest BCUT2D eigenvalue weighted by molar-refractivity contribution is -0.117. The van der Waals surface area contributed by atoms with E-state index in [0.29, 0.717) is 12.0 Å². The van der Waals surface area contributed by atoms with Crippen molar-refractivity contribution in [1.29, 1.82) is 0 Å². The van der Waals surface area contributed by atoms with Gasteiger partial charge in [0.05, 0.1) is 12.7 Å². The molecule has 2 rings (SSSR count). The van der Waals surface area contributed by atoms with E-state index < -0.39 is 0 Å². The third kappa shape index (κ3) is 1.91. The number of nitrogens with zero attached hydrogens (tertiary/aromatic N) is 1. The summed E-state index contributed by atoms with van der Waals surface area (Å²) in [6.45, 7) is 0.760. The summed E-state index contributed by atoms with van der Waals surface area (Å²) in [5.74, 6) is -0.217.